The average molecular weight is 417 g/mol. The molecule has 8 heteroatoms. The summed E-state index contributed by atoms with van der Waals surface area (Å²) in [5.74, 6) is 1.47. The molecule has 4 rings (SSSR count). The van der Waals surface area contributed by atoms with Crippen LogP contribution in [0.2, 0.25) is 0 Å². The SMILES string of the molecule is COCC(=O)N1CCC(c2nc([C@@H]3CCCN(C(=O)C4CCC4)C3)cc(=O)[nH]2)CC1. The molecule has 0 bridgehead atoms. The maximum atomic E-state index is 12.7. The van der Waals surface area contributed by atoms with Gasteiger partial charge in [-0.05, 0) is 38.5 Å². The second-order valence-corrected chi connectivity index (χ2v) is 8.89. The Hall–Kier alpha value is -2.22. The fourth-order valence-electron chi connectivity index (χ4n) is 4.85. The summed E-state index contributed by atoms with van der Waals surface area (Å²) in [7, 11) is 1.52. The minimum Gasteiger partial charge on any atom is -0.375 e. The summed E-state index contributed by atoms with van der Waals surface area (Å²) in [5.41, 5.74) is 0.674. The Kier molecular flexibility index (Phi) is 6.51. The minimum atomic E-state index is -0.129. The number of H-pyrrole nitrogens is 1. The van der Waals surface area contributed by atoms with Crippen LogP contribution in [0.5, 0.6) is 0 Å². The van der Waals surface area contributed by atoms with Crippen molar-refractivity contribution in [2.75, 3.05) is 39.9 Å². The van der Waals surface area contributed by atoms with E-state index in [1.54, 1.807) is 6.07 Å². The van der Waals surface area contributed by atoms with Crippen LogP contribution in [-0.4, -0.2) is 71.5 Å². The van der Waals surface area contributed by atoms with Gasteiger partial charge < -0.3 is 19.5 Å². The molecule has 3 fully saturated rings. The van der Waals surface area contributed by atoms with Gasteiger partial charge in [-0.2, -0.15) is 0 Å². The molecular weight excluding hydrogens is 384 g/mol. The minimum absolute atomic E-state index is 0.00424. The number of piperidine rings is 2. The van der Waals surface area contributed by atoms with Crippen molar-refractivity contribution < 1.29 is 14.3 Å². The van der Waals surface area contributed by atoms with E-state index in [1.165, 1.54) is 7.11 Å². The van der Waals surface area contributed by atoms with Gasteiger partial charge in [0.15, 0.2) is 0 Å². The Balaban J connectivity index is 1.42. The van der Waals surface area contributed by atoms with E-state index in [0.29, 0.717) is 19.6 Å². The number of ether oxygens (including phenoxy) is 1. The maximum Gasteiger partial charge on any atom is 0.251 e. The lowest BCUT2D eigenvalue weighted by molar-refractivity contribution is -0.139. The van der Waals surface area contributed by atoms with Gasteiger partial charge in [-0.3, -0.25) is 14.4 Å². The Bertz CT molecular complexity index is 827. The van der Waals surface area contributed by atoms with Crippen molar-refractivity contribution in [2.24, 2.45) is 5.92 Å². The van der Waals surface area contributed by atoms with Crippen molar-refractivity contribution >= 4 is 11.8 Å². The molecule has 1 atom stereocenters. The number of hydrogen-bond donors (Lipinski definition) is 1. The summed E-state index contributed by atoms with van der Waals surface area (Å²) >= 11 is 0. The predicted molar refractivity (Wildman–Crippen MR) is 111 cm³/mol. The van der Waals surface area contributed by atoms with Gasteiger partial charge in [0.25, 0.3) is 5.56 Å². The van der Waals surface area contributed by atoms with Crippen molar-refractivity contribution in [2.45, 2.75) is 56.8 Å². The molecule has 1 saturated carbocycles. The molecule has 0 spiro atoms. The molecule has 0 unspecified atom stereocenters. The number of rotatable bonds is 5. The molecule has 1 N–H and O–H groups in total. The monoisotopic (exact) mass is 416 g/mol. The molecule has 164 valence electrons. The Morgan fingerprint density at radius 2 is 1.83 bits per heavy atom. The normalized spacial score (nSPS) is 23.3. The number of nitrogens with one attached hydrogen (secondary N) is 1. The molecule has 0 aromatic carbocycles. The van der Waals surface area contributed by atoms with Crippen LogP contribution in [0.15, 0.2) is 10.9 Å². The Morgan fingerprint density at radius 1 is 1.07 bits per heavy atom. The second-order valence-electron chi connectivity index (χ2n) is 8.89. The van der Waals surface area contributed by atoms with E-state index in [0.717, 1.165) is 63.0 Å². The summed E-state index contributed by atoms with van der Waals surface area (Å²) in [6.45, 7) is 2.87. The summed E-state index contributed by atoms with van der Waals surface area (Å²) in [5, 5.41) is 0. The highest BCUT2D eigenvalue weighted by atomic mass is 16.5. The molecule has 3 heterocycles. The zero-order valence-electron chi connectivity index (χ0n) is 17.8. The molecular formula is C22H32N4O4. The molecule has 30 heavy (non-hydrogen) atoms. The molecule has 2 amide bonds. The molecule has 8 nitrogen and oxygen atoms in total. The van der Waals surface area contributed by atoms with E-state index < -0.39 is 0 Å². The van der Waals surface area contributed by atoms with E-state index >= 15 is 0 Å². The van der Waals surface area contributed by atoms with Gasteiger partial charge in [0.05, 0.1) is 5.69 Å². The first-order chi connectivity index (χ1) is 14.5. The molecule has 2 saturated heterocycles. The summed E-state index contributed by atoms with van der Waals surface area (Å²) < 4.78 is 4.94. The maximum absolute atomic E-state index is 12.7. The molecule has 0 radical (unpaired) electrons. The smallest absolute Gasteiger partial charge is 0.251 e. The highest BCUT2D eigenvalue weighted by Crippen LogP contribution is 2.32. The highest BCUT2D eigenvalue weighted by Gasteiger charge is 2.33. The lowest BCUT2D eigenvalue weighted by atomic mass is 9.83. The van der Waals surface area contributed by atoms with E-state index in [-0.39, 0.29) is 41.7 Å². The first kappa shape index (κ1) is 21.0. The van der Waals surface area contributed by atoms with Crippen LogP contribution in [-0.2, 0) is 14.3 Å². The lowest BCUT2D eigenvalue weighted by Gasteiger charge is -2.37. The number of aromatic amines is 1. The molecule has 1 aromatic rings. The third-order valence-electron chi connectivity index (χ3n) is 6.89. The van der Waals surface area contributed by atoms with Gasteiger partial charge in [-0.25, -0.2) is 4.98 Å². The van der Waals surface area contributed by atoms with Crippen LogP contribution in [0.1, 0.15) is 68.3 Å². The number of aromatic nitrogens is 2. The largest absolute Gasteiger partial charge is 0.375 e. The number of carbonyl (C=O) groups excluding carboxylic acids is 2. The van der Waals surface area contributed by atoms with Crippen LogP contribution in [0, 0.1) is 5.92 Å². The second kappa shape index (κ2) is 9.29. The molecule has 1 aliphatic carbocycles. The summed E-state index contributed by atoms with van der Waals surface area (Å²) in [6, 6.07) is 1.60. The summed E-state index contributed by atoms with van der Waals surface area (Å²) in [4.78, 5) is 48.6. The van der Waals surface area contributed by atoms with Crippen LogP contribution < -0.4 is 5.56 Å². The van der Waals surface area contributed by atoms with Gasteiger partial charge in [0.1, 0.15) is 12.4 Å². The predicted octanol–water partition coefficient (Wildman–Crippen LogP) is 1.63. The van der Waals surface area contributed by atoms with Gasteiger partial charge in [0, 0.05) is 57.1 Å². The van der Waals surface area contributed by atoms with Gasteiger partial charge in [-0.15, -0.1) is 0 Å². The average Bonchev–Trinajstić information content (AvgIpc) is 2.72. The van der Waals surface area contributed by atoms with Crippen LogP contribution >= 0.6 is 0 Å². The number of hydrogen-bond acceptors (Lipinski definition) is 5. The number of likely N-dealkylation sites (tertiary alicyclic amines) is 2. The first-order valence-electron chi connectivity index (χ1n) is 11.2. The number of nitrogens with zero attached hydrogens (tertiary/aromatic N) is 3. The zero-order chi connectivity index (χ0) is 21.1. The first-order valence-corrected chi connectivity index (χ1v) is 11.2. The van der Waals surface area contributed by atoms with Crippen molar-refractivity contribution in [3.05, 3.63) is 27.9 Å². The third kappa shape index (κ3) is 4.58. The fraction of sp³-hybridized carbons (Fsp3) is 0.727. The van der Waals surface area contributed by atoms with Crippen LogP contribution in [0.4, 0.5) is 0 Å². The fourth-order valence-corrected chi connectivity index (χ4v) is 4.85. The molecule has 2 aliphatic heterocycles. The Labute approximate surface area is 177 Å². The standard InChI is InChI=1S/C22H32N4O4/c1-30-14-20(28)25-10-7-15(8-11-25)21-23-18(12-19(27)24-21)17-6-3-9-26(13-17)22(29)16-4-2-5-16/h12,15-17H,2-11,13-14H2,1H3,(H,23,24,27)/t17-/m1/s1. The topological polar surface area (TPSA) is 95.6 Å². The van der Waals surface area contributed by atoms with Crippen LogP contribution in [0.25, 0.3) is 0 Å². The zero-order valence-corrected chi connectivity index (χ0v) is 17.8. The number of amides is 2. The van der Waals surface area contributed by atoms with Crippen molar-refractivity contribution in [3.8, 4) is 0 Å². The van der Waals surface area contributed by atoms with Gasteiger partial charge in [0.2, 0.25) is 11.8 Å². The molecule has 1 aromatic heterocycles. The quantitative estimate of drug-likeness (QED) is 0.787. The van der Waals surface area contributed by atoms with E-state index in [2.05, 4.69) is 4.98 Å². The lowest BCUT2D eigenvalue weighted by Crippen LogP contribution is -2.44. The van der Waals surface area contributed by atoms with Crippen molar-refractivity contribution in [3.63, 3.8) is 0 Å². The van der Waals surface area contributed by atoms with E-state index in [4.69, 9.17) is 9.72 Å². The van der Waals surface area contributed by atoms with Crippen molar-refractivity contribution in [1.82, 2.24) is 19.8 Å². The number of methoxy groups -OCH3 is 1. The van der Waals surface area contributed by atoms with E-state index in [1.807, 2.05) is 9.80 Å². The van der Waals surface area contributed by atoms with Crippen LogP contribution in [0.3, 0.4) is 0 Å². The summed E-state index contributed by atoms with van der Waals surface area (Å²) in [6.07, 6.45) is 6.64. The highest BCUT2D eigenvalue weighted by molar-refractivity contribution is 5.79. The Morgan fingerprint density at radius 3 is 2.50 bits per heavy atom. The van der Waals surface area contributed by atoms with Gasteiger partial charge >= 0.3 is 0 Å². The molecule has 3 aliphatic rings. The van der Waals surface area contributed by atoms with E-state index in [9.17, 15) is 14.4 Å². The number of carbonyl (C=O) groups is 2. The van der Waals surface area contributed by atoms with Crippen molar-refractivity contribution in [1.29, 1.82) is 0 Å². The van der Waals surface area contributed by atoms with Gasteiger partial charge in [-0.1, -0.05) is 6.42 Å². The third-order valence-corrected chi connectivity index (χ3v) is 6.89.